The molecule has 0 radical (unpaired) electrons. The third kappa shape index (κ3) is 4.64. The van der Waals surface area contributed by atoms with Crippen molar-refractivity contribution in [2.75, 3.05) is 24.5 Å². The highest BCUT2D eigenvalue weighted by Gasteiger charge is 2.48. The van der Waals surface area contributed by atoms with Gasteiger partial charge in [-0.2, -0.15) is 0 Å². The van der Waals surface area contributed by atoms with Crippen LogP contribution in [-0.4, -0.2) is 53.4 Å². The van der Waals surface area contributed by atoms with E-state index in [2.05, 4.69) is 15.6 Å². The van der Waals surface area contributed by atoms with Crippen LogP contribution in [0.25, 0.3) is 0 Å². The van der Waals surface area contributed by atoms with Gasteiger partial charge in [-0.05, 0) is 44.5 Å². The Bertz CT molecular complexity index is 1080. The van der Waals surface area contributed by atoms with Crippen LogP contribution in [0.5, 0.6) is 0 Å². The number of nitrogens with one attached hydrogen (secondary N) is 2. The number of nitrogens with zero attached hydrogens (tertiary/aromatic N) is 3. The van der Waals surface area contributed by atoms with E-state index in [0.29, 0.717) is 35.9 Å². The molecular formula is C23H25ClFN5O3. The molecule has 0 aliphatic carbocycles. The molecule has 0 bridgehead atoms. The highest BCUT2D eigenvalue weighted by molar-refractivity contribution is 6.30. The first-order valence-electron chi connectivity index (χ1n) is 10.8. The lowest BCUT2D eigenvalue weighted by atomic mass is 9.86. The van der Waals surface area contributed by atoms with Gasteiger partial charge in [0.25, 0.3) is 5.91 Å². The minimum absolute atomic E-state index is 0.0506. The van der Waals surface area contributed by atoms with E-state index in [0.717, 1.165) is 5.69 Å². The summed E-state index contributed by atoms with van der Waals surface area (Å²) in [5, 5.41) is 5.29. The van der Waals surface area contributed by atoms with Crippen molar-refractivity contribution in [3.63, 3.8) is 0 Å². The van der Waals surface area contributed by atoms with E-state index in [-0.39, 0.29) is 24.8 Å². The number of carbonyl (C=O) groups excluding carboxylic acids is 3. The summed E-state index contributed by atoms with van der Waals surface area (Å²) in [6.45, 7) is 5.21. The van der Waals surface area contributed by atoms with Crippen molar-refractivity contribution in [2.24, 2.45) is 0 Å². The fourth-order valence-corrected chi connectivity index (χ4v) is 4.68. The molecule has 2 aliphatic heterocycles. The molecule has 0 spiro atoms. The summed E-state index contributed by atoms with van der Waals surface area (Å²) >= 11 is 6.00. The molecule has 1 aromatic heterocycles. The van der Waals surface area contributed by atoms with E-state index in [1.165, 1.54) is 12.1 Å². The van der Waals surface area contributed by atoms with Crippen molar-refractivity contribution in [2.45, 2.75) is 38.3 Å². The molecule has 8 nitrogen and oxygen atoms in total. The minimum Gasteiger partial charge on any atom is -0.365 e. The molecule has 1 aromatic carbocycles. The third-order valence-corrected chi connectivity index (χ3v) is 6.44. The summed E-state index contributed by atoms with van der Waals surface area (Å²) in [6, 6.07) is 7.25. The van der Waals surface area contributed by atoms with Crippen molar-refractivity contribution >= 4 is 35.1 Å². The number of urea groups is 1. The number of carbonyl (C=O) groups is 3. The molecule has 2 saturated heterocycles. The molecular weight excluding hydrogens is 449 g/mol. The molecule has 174 valence electrons. The second-order valence-electron chi connectivity index (χ2n) is 8.51. The van der Waals surface area contributed by atoms with Crippen LogP contribution in [0.2, 0.25) is 5.02 Å². The topological polar surface area (TPSA) is 94.6 Å². The number of imide groups is 1. The molecule has 2 N–H and O–H groups in total. The van der Waals surface area contributed by atoms with Crippen molar-refractivity contribution in [3.05, 3.63) is 58.6 Å². The lowest BCUT2D eigenvalue weighted by Gasteiger charge is -2.41. The van der Waals surface area contributed by atoms with E-state index in [1.54, 1.807) is 29.3 Å². The number of aryl methyl sites for hydroxylation is 1. The van der Waals surface area contributed by atoms with Crippen LogP contribution in [0.1, 0.15) is 31.0 Å². The molecule has 2 aliphatic rings. The second kappa shape index (κ2) is 8.97. The van der Waals surface area contributed by atoms with Gasteiger partial charge in [-0.3, -0.25) is 19.9 Å². The van der Waals surface area contributed by atoms with E-state index in [4.69, 9.17) is 11.6 Å². The number of rotatable bonds is 5. The molecule has 3 heterocycles. The van der Waals surface area contributed by atoms with Crippen molar-refractivity contribution in [1.82, 2.24) is 20.5 Å². The van der Waals surface area contributed by atoms with Crippen LogP contribution in [-0.2, 0) is 15.1 Å². The van der Waals surface area contributed by atoms with Crippen molar-refractivity contribution in [3.8, 4) is 0 Å². The number of amides is 4. The molecule has 4 amide bonds. The fourth-order valence-electron chi connectivity index (χ4n) is 4.46. The van der Waals surface area contributed by atoms with Gasteiger partial charge in [-0.1, -0.05) is 17.7 Å². The summed E-state index contributed by atoms with van der Waals surface area (Å²) < 4.78 is 13.8. The molecule has 1 unspecified atom stereocenters. The smallest absolute Gasteiger partial charge is 0.322 e. The Balaban J connectivity index is 1.44. The van der Waals surface area contributed by atoms with Gasteiger partial charge in [0.2, 0.25) is 5.91 Å². The zero-order valence-corrected chi connectivity index (χ0v) is 19.2. The van der Waals surface area contributed by atoms with Gasteiger partial charge in [-0.15, -0.1) is 0 Å². The summed E-state index contributed by atoms with van der Waals surface area (Å²) in [5.74, 6) is -1.02. The van der Waals surface area contributed by atoms with Gasteiger partial charge >= 0.3 is 6.03 Å². The summed E-state index contributed by atoms with van der Waals surface area (Å²) in [7, 11) is 0. The van der Waals surface area contributed by atoms with Gasteiger partial charge in [0, 0.05) is 60.3 Å². The molecule has 2 fully saturated rings. The van der Waals surface area contributed by atoms with Crippen molar-refractivity contribution in [1.29, 1.82) is 0 Å². The van der Waals surface area contributed by atoms with Gasteiger partial charge in [0.1, 0.15) is 11.4 Å². The first-order valence-corrected chi connectivity index (χ1v) is 11.1. The number of halogens is 2. The van der Waals surface area contributed by atoms with Crippen LogP contribution in [0.4, 0.5) is 14.9 Å². The average molecular weight is 474 g/mol. The number of pyridine rings is 1. The number of anilines is 1. The maximum Gasteiger partial charge on any atom is 0.322 e. The maximum absolute atomic E-state index is 13.8. The summed E-state index contributed by atoms with van der Waals surface area (Å²) in [4.78, 5) is 45.6. The molecule has 0 saturated carbocycles. The second-order valence-corrected chi connectivity index (χ2v) is 8.95. The zero-order valence-electron chi connectivity index (χ0n) is 18.4. The quantitative estimate of drug-likeness (QED) is 0.651. The lowest BCUT2D eigenvalue weighted by molar-refractivity contribution is -0.133. The Hall–Kier alpha value is -3.20. The Morgan fingerprint density at radius 1 is 1.27 bits per heavy atom. The molecule has 4 rings (SSSR count). The van der Waals surface area contributed by atoms with Crippen LogP contribution in [0, 0.1) is 12.7 Å². The number of aromatic nitrogens is 1. The summed E-state index contributed by atoms with van der Waals surface area (Å²) in [5.41, 5.74) is 0.654. The number of benzene rings is 1. The van der Waals surface area contributed by atoms with Gasteiger partial charge in [0.15, 0.2) is 0 Å². The Morgan fingerprint density at radius 2 is 2.06 bits per heavy atom. The number of hydrogen-bond acceptors (Lipinski definition) is 5. The van der Waals surface area contributed by atoms with Crippen LogP contribution < -0.4 is 15.5 Å². The predicted octanol–water partition coefficient (Wildman–Crippen LogP) is 2.73. The Labute approximate surface area is 196 Å². The standard InChI is InChI=1S/C23H25ClFN5O3/c1-14-3-4-16(12-26-14)23(21(32)27-22(33)28-23)6-5-20(31)29-7-8-30(15(2)13-29)19-10-17(24)9-18(25)11-19/h3-4,9-12,15H,5-8,13H2,1-2H3,(H2,27,28,32,33)/t15-,23?/m0/s1. The largest absolute Gasteiger partial charge is 0.365 e. The molecule has 10 heteroatoms. The van der Waals surface area contributed by atoms with Crippen LogP contribution in [0.15, 0.2) is 36.5 Å². The van der Waals surface area contributed by atoms with Gasteiger partial charge in [0.05, 0.1) is 0 Å². The first-order chi connectivity index (χ1) is 15.7. The summed E-state index contributed by atoms with van der Waals surface area (Å²) in [6.07, 6.45) is 1.73. The van der Waals surface area contributed by atoms with E-state index in [1.807, 2.05) is 18.7 Å². The fraction of sp³-hybridized carbons (Fsp3) is 0.391. The molecule has 2 atom stereocenters. The average Bonchev–Trinajstić information content (AvgIpc) is 3.05. The third-order valence-electron chi connectivity index (χ3n) is 6.22. The number of piperazine rings is 1. The SMILES string of the molecule is Cc1ccc(C2(CCC(=O)N3CCN(c4cc(F)cc(Cl)c4)[C@@H](C)C3)NC(=O)NC2=O)cn1. The Morgan fingerprint density at radius 3 is 2.67 bits per heavy atom. The minimum atomic E-state index is -1.33. The number of hydrogen-bond donors (Lipinski definition) is 2. The zero-order chi connectivity index (χ0) is 23.8. The Kier molecular flexibility index (Phi) is 6.25. The van der Waals surface area contributed by atoms with E-state index >= 15 is 0 Å². The molecule has 2 aromatic rings. The van der Waals surface area contributed by atoms with Crippen LogP contribution in [0.3, 0.4) is 0 Å². The predicted molar refractivity (Wildman–Crippen MR) is 121 cm³/mol. The maximum atomic E-state index is 13.8. The monoisotopic (exact) mass is 473 g/mol. The van der Waals surface area contributed by atoms with Gasteiger partial charge < -0.3 is 15.1 Å². The first kappa shape index (κ1) is 23.0. The molecule has 33 heavy (non-hydrogen) atoms. The lowest BCUT2D eigenvalue weighted by Crippen LogP contribution is -2.54. The van der Waals surface area contributed by atoms with Gasteiger partial charge in [-0.25, -0.2) is 9.18 Å². The highest BCUT2D eigenvalue weighted by Crippen LogP contribution is 2.31. The highest BCUT2D eigenvalue weighted by atomic mass is 35.5. The van der Waals surface area contributed by atoms with Crippen LogP contribution >= 0.6 is 11.6 Å². The normalized spacial score (nSPS) is 22.8. The van der Waals surface area contributed by atoms with E-state index in [9.17, 15) is 18.8 Å². The van der Waals surface area contributed by atoms with Crippen molar-refractivity contribution < 1.29 is 18.8 Å². The van der Waals surface area contributed by atoms with E-state index < -0.39 is 23.3 Å².